The van der Waals surface area contributed by atoms with Crippen molar-refractivity contribution in [2.45, 2.75) is 162 Å². The summed E-state index contributed by atoms with van der Waals surface area (Å²) in [6.07, 6.45) is -1.83. The molecule has 0 aromatic heterocycles. The normalized spacial score (nSPS) is 27.5. The number of rotatable bonds is 14. The van der Waals surface area contributed by atoms with E-state index in [0.29, 0.717) is 43.0 Å². The van der Waals surface area contributed by atoms with Crippen LogP contribution in [0, 0.1) is 23.7 Å². The zero-order chi connectivity index (χ0) is 47.3. The van der Waals surface area contributed by atoms with Crippen molar-refractivity contribution in [3.63, 3.8) is 0 Å². The first kappa shape index (κ1) is 53.1. The lowest BCUT2D eigenvalue weighted by molar-refractivity contribution is -0.162. The minimum absolute atomic E-state index is 0.00597. The van der Waals surface area contributed by atoms with Gasteiger partial charge in [-0.15, -0.1) is 0 Å². The summed E-state index contributed by atoms with van der Waals surface area (Å²) in [7, 11) is 6.98. The molecule has 4 amide bonds. The highest BCUT2D eigenvalue weighted by molar-refractivity contribution is 5.95. The number of carbonyl (C=O) groups is 6. The van der Waals surface area contributed by atoms with Gasteiger partial charge < -0.3 is 50.0 Å². The number of aliphatic hydroxyl groups is 1. The number of aliphatic hydroxyl groups excluding tert-OH is 1. The van der Waals surface area contributed by atoms with Crippen LogP contribution in [-0.2, 0) is 44.7 Å². The van der Waals surface area contributed by atoms with Crippen LogP contribution in [0.15, 0.2) is 24.3 Å². The van der Waals surface area contributed by atoms with Crippen molar-refractivity contribution < 1.29 is 48.1 Å². The van der Waals surface area contributed by atoms with E-state index < -0.39 is 96.4 Å². The first-order chi connectivity index (χ1) is 29.6. The van der Waals surface area contributed by atoms with Gasteiger partial charge in [0.15, 0.2) is 6.10 Å². The third-order valence-corrected chi connectivity index (χ3v) is 12.4. The fourth-order valence-electron chi connectivity index (χ4n) is 8.38. The van der Waals surface area contributed by atoms with Crippen LogP contribution in [0.3, 0.4) is 0 Å². The summed E-state index contributed by atoms with van der Waals surface area (Å²) < 4.78 is 17.3. The second-order valence-electron chi connectivity index (χ2n) is 19.0. The van der Waals surface area contributed by atoms with Gasteiger partial charge in [-0.1, -0.05) is 73.9 Å². The molecular formula is C47H78N6O10. The Morgan fingerprint density at radius 3 is 2.13 bits per heavy atom. The maximum absolute atomic E-state index is 14.6. The SMILES string of the molecule is CC[C@H](C)[C@H]1NC(=O)[C@@H](NC[C@@H](CC(C)C)N(C)C)[C@@H](C)OC(=O)[C@H](Cc2ccc(OC)cc2)N(C)C(=O)[C@@H]2CCCN2C(=O)[C@H](CC(C)C)NC(=O)[C@H](C(C)C)OC(=O)C[C@@H]1O. The second kappa shape index (κ2) is 24.7. The number of likely N-dealkylation sites (N-methyl/N-ethyl adjacent to an activating group) is 2. The summed E-state index contributed by atoms with van der Waals surface area (Å²) in [6, 6.07) is 1.90. The van der Waals surface area contributed by atoms with E-state index in [1.165, 1.54) is 16.8 Å². The van der Waals surface area contributed by atoms with E-state index in [9.17, 15) is 33.9 Å². The molecule has 16 nitrogen and oxygen atoms in total. The minimum Gasteiger partial charge on any atom is -0.497 e. The Kier molecular flexibility index (Phi) is 20.8. The van der Waals surface area contributed by atoms with Crippen LogP contribution >= 0.6 is 0 Å². The van der Waals surface area contributed by atoms with Crippen molar-refractivity contribution in [3.8, 4) is 5.75 Å². The van der Waals surface area contributed by atoms with Gasteiger partial charge in [0.2, 0.25) is 17.7 Å². The molecule has 2 saturated heterocycles. The molecule has 0 radical (unpaired) electrons. The highest BCUT2D eigenvalue weighted by Crippen LogP contribution is 2.25. The highest BCUT2D eigenvalue weighted by atomic mass is 16.6. The summed E-state index contributed by atoms with van der Waals surface area (Å²) in [4.78, 5) is 90.6. The van der Waals surface area contributed by atoms with Crippen molar-refractivity contribution in [2.75, 3.05) is 41.3 Å². The number of hydrogen-bond donors (Lipinski definition) is 4. The number of nitrogens with zero attached hydrogens (tertiary/aromatic N) is 3. The molecular weight excluding hydrogens is 809 g/mol. The van der Waals surface area contributed by atoms with Crippen LogP contribution in [0.2, 0.25) is 0 Å². The molecule has 2 aliphatic rings. The number of esters is 2. The van der Waals surface area contributed by atoms with E-state index in [1.54, 1.807) is 52.1 Å². The second-order valence-corrected chi connectivity index (χ2v) is 19.0. The van der Waals surface area contributed by atoms with Crippen LogP contribution in [-0.4, -0.2) is 151 Å². The predicted octanol–water partition coefficient (Wildman–Crippen LogP) is 3.32. The van der Waals surface area contributed by atoms with Crippen LogP contribution in [0.5, 0.6) is 5.75 Å². The quantitative estimate of drug-likeness (QED) is 0.200. The van der Waals surface area contributed by atoms with Gasteiger partial charge in [0.05, 0.1) is 25.7 Å². The Bertz CT molecular complexity index is 1670. The van der Waals surface area contributed by atoms with Gasteiger partial charge in [0.1, 0.15) is 36.0 Å². The summed E-state index contributed by atoms with van der Waals surface area (Å²) in [5.41, 5.74) is 0.714. The topological polar surface area (TPSA) is 196 Å². The van der Waals surface area contributed by atoms with Crippen LogP contribution in [0.25, 0.3) is 0 Å². The lowest BCUT2D eigenvalue weighted by Gasteiger charge is -2.35. The number of amides is 4. The lowest BCUT2D eigenvalue weighted by atomic mass is 9.92. The molecule has 63 heavy (non-hydrogen) atoms. The van der Waals surface area contributed by atoms with Crippen LogP contribution < -0.4 is 20.7 Å². The Labute approximate surface area is 375 Å². The fourth-order valence-corrected chi connectivity index (χ4v) is 8.38. The average molecular weight is 887 g/mol. The van der Waals surface area contributed by atoms with Crippen LogP contribution in [0.4, 0.5) is 0 Å². The van der Waals surface area contributed by atoms with Gasteiger partial charge in [-0.25, -0.2) is 4.79 Å². The highest BCUT2D eigenvalue weighted by Gasteiger charge is 2.44. The third-order valence-electron chi connectivity index (χ3n) is 12.4. The maximum Gasteiger partial charge on any atom is 0.329 e. The number of cyclic esters (lactones) is 2. The van der Waals surface area contributed by atoms with E-state index in [0.717, 1.165) is 6.42 Å². The Morgan fingerprint density at radius 2 is 1.57 bits per heavy atom. The molecule has 0 spiro atoms. The summed E-state index contributed by atoms with van der Waals surface area (Å²) in [5, 5.41) is 20.8. The molecule has 0 saturated carbocycles. The van der Waals surface area contributed by atoms with Crippen molar-refractivity contribution in [1.82, 2.24) is 30.7 Å². The van der Waals surface area contributed by atoms with Crippen molar-refractivity contribution >= 4 is 35.6 Å². The number of methoxy groups -OCH3 is 1. The lowest BCUT2D eigenvalue weighted by Crippen LogP contribution is -2.59. The van der Waals surface area contributed by atoms with Gasteiger partial charge in [0.25, 0.3) is 5.91 Å². The third kappa shape index (κ3) is 15.2. The smallest absolute Gasteiger partial charge is 0.329 e. The predicted molar refractivity (Wildman–Crippen MR) is 240 cm³/mol. The number of carbonyl (C=O) groups excluding carboxylic acids is 6. The zero-order valence-electron chi connectivity index (χ0n) is 40.1. The number of benzene rings is 1. The van der Waals surface area contributed by atoms with Crippen molar-refractivity contribution in [1.29, 1.82) is 0 Å². The van der Waals surface area contributed by atoms with Crippen molar-refractivity contribution in [2.24, 2.45) is 23.7 Å². The first-order valence-corrected chi connectivity index (χ1v) is 22.9. The van der Waals surface area contributed by atoms with Crippen molar-refractivity contribution in [3.05, 3.63) is 29.8 Å². The molecule has 4 N–H and O–H groups in total. The monoisotopic (exact) mass is 887 g/mol. The van der Waals surface area contributed by atoms with E-state index in [1.807, 2.05) is 41.8 Å². The van der Waals surface area contributed by atoms with Gasteiger partial charge in [-0.05, 0) is 88.1 Å². The molecule has 10 atom stereocenters. The van der Waals surface area contributed by atoms with Gasteiger partial charge in [-0.3, -0.25) is 24.0 Å². The van der Waals surface area contributed by atoms with E-state index >= 15 is 0 Å². The maximum atomic E-state index is 14.6. The standard InChI is InChI=1S/C47H78N6O10/c1-14-30(8)40-38(54)25-39(55)63-42(29(6)7)44(57)49-35(23-28(4)5)45(58)53-21-15-16-36(53)46(59)52(12)37(24-32-17-19-34(61-13)20-18-32)47(60)62-31(9)41(43(56)50-40)48-26-33(51(10)11)22-27(2)3/h17-20,27-31,33,35-38,40-42,48,54H,14-16,21-26H2,1-13H3,(H,49,57)(H,50,56)/t30-,31+,33+,35-,36-,37-,38-,40+,41-,42-/m0/s1. The summed E-state index contributed by atoms with van der Waals surface area (Å²) in [6.45, 7) is 17.4. The number of ether oxygens (including phenoxy) is 3. The molecule has 1 aromatic carbocycles. The minimum atomic E-state index is -1.41. The van der Waals surface area contributed by atoms with Gasteiger partial charge >= 0.3 is 11.9 Å². The fraction of sp³-hybridized carbons (Fsp3) is 0.745. The summed E-state index contributed by atoms with van der Waals surface area (Å²) in [5.74, 6) is -3.68. The molecule has 16 heteroatoms. The molecule has 2 aliphatic heterocycles. The van der Waals surface area contributed by atoms with E-state index in [2.05, 4.69) is 34.7 Å². The number of hydrogen-bond acceptors (Lipinski definition) is 12. The molecule has 1 aromatic rings. The average Bonchev–Trinajstić information content (AvgIpc) is 3.71. The largest absolute Gasteiger partial charge is 0.497 e. The van der Waals surface area contributed by atoms with E-state index in [4.69, 9.17) is 14.2 Å². The Morgan fingerprint density at radius 1 is 0.921 bits per heavy atom. The Hall–Kier alpha value is -4.28. The van der Waals surface area contributed by atoms with E-state index in [-0.39, 0.29) is 37.3 Å². The van der Waals surface area contributed by atoms with Gasteiger partial charge in [0, 0.05) is 32.6 Å². The molecule has 0 bridgehead atoms. The molecule has 2 fully saturated rings. The van der Waals surface area contributed by atoms with Gasteiger partial charge in [-0.2, -0.15) is 0 Å². The summed E-state index contributed by atoms with van der Waals surface area (Å²) >= 11 is 0. The molecule has 356 valence electrons. The molecule has 0 unspecified atom stereocenters. The molecule has 2 heterocycles. The molecule has 3 rings (SSSR count). The number of fused-ring (bicyclic) bond motifs is 1. The van der Waals surface area contributed by atoms with Crippen LogP contribution in [0.1, 0.15) is 106 Å². The first-order valence-electron chi connectivity index (χ1n) is 22.9. The molecule has 0 aliphatic carbocycles. The zero-order valence-corrected chi connectivity index (χ0v) is 40.1. The Balaban J connectivity index is 2.20. The number of nitrogens with one attached hydrogen (secondary N) is 3.